The number of hydrogen-bond acceptors (Lipinski definition) is 0. The largest absolute Gasteiger partial charge is 0.118 e. The smallest absolute Gasteiger partial charge is 0.0521 e. The molecule has 64 valence electrons. The Labute approximate surface area is 74.6 Å². The van der Waals surface area contributed by atoms with Crippen LogP contribution in [-0.2, 0) is 0 Å². The van der Waals surface area contributed by atoms with Gasteiger partial charge in [0.1, 0.15) is 0 Å². The predicted octanol–water partition coefficient (Wildman–Crippen LogP) is 3.75. The third kappa shape index (κ3) is 3.29. The highest BCUT2D eigenvalue weighted by molar-refractivity contribution is 6.22. The Morgan fingerprint density at radius 2 is 2.36 bits per heavy atom. The summed E-state index contributed by atoms with van der Waals surface area (Å²) in [5, 5.41) is 0.331. The van der Waals surface area contributed by atoms with E-state index in [1.807, 2.05) is 0 Å². The number of allylic oxidation sites excluding steroid dienone is 2. The van der Waals surface area contributed by atoms with E-state index in [-0.39, 0.29) is 0 Å². The average molecular weight is 173 g/mol. The van der Waals surface area contributed by atoms with Crippen LogP contribution in [0.1, 0.15) is 39.5 Å². The average Bonchev–Trinajstić information content (AvgIpc) is 2.31. The summed E-state index contributed by atoms with van der Waals surface area (Å²) in [6.45, 7) is 4.54. The Kier molecular flexibility index (Phi) is 3.45. The van der Waals surface area contributed by atoms with E-state index in [9.17, 15) is 0 Å². The fourth-order valence-corrected chi connectivity index (χ4v) is 1.72. The molecule has 11 heavy (non-hydrogen) atoms. The molecule has 0 aliphatic heterocycles. The summed E-state index contributed by atoms with van der Waals surface area (Å²) in [5.41, 5.74) is 1.58. The van der Waals surface area contributed by atoms with Crippen molar-refractivity contribution in [3.8, 4) is 0 Å². The number of rotatable bonds is 3. The second-order valence-electron chi connectivity index (χ2n) is 3.81. The molecule has 0 radical (unpaired) electrons. The lowest BCUT2D eigenvalue weighted by Gasteiger charge is -2.03. The Morgan fingerprint density at radius 1 is 1.64 bits per heavy atom. The number of halogens is 1. The second kappa shape index (κ2) is 4.15. The molecule has 0 saturated heterocycles. The Hall–Kier alpha value is 0.0300. The summed E-state index contributed by atoms with van der Waals surface area (Å²) in [4.78, 5) is 0. The van der Waals surface area contributed by atoms with Crippen LogP contribution in [0, 0.1) is 5.92 Å². The van der Waals surface area contributed by atoms with Crippen LogP contribution >= 0.6 is 11.6 Å². The van der Waals surface area contributed by atoms with Crippen LogP contribution < -0.4 is 0 Å². The van der Waals surface area contributed by atoms with Crippen LogP contribution in [0.5, 0.6) is 0 Å². The molecule has 0 aromatic heterocycles. The molecule has 1 aliphatic carbocycles. The van der Waals surface area contributed by atoms with Crippen molar-refractivity contribution in [3.63, 3.8) is 0 Å². The molecule has 1 aliphatic rings. The topological polar surface area (TPSA) is 0 Å². The molecule has 0 nitrogen and oxygen atoms in total. The van der Waals surface area contributed by atoms with Crippen molar-refractivity contribution in [1.29, 1.82) is 0 Å². The molecule has 1 unspecified atom stereocenters. The first kappa shape index (κ1) is 9.12. The summed E-state index contributed by atoms with van der Waals surface area (Å²) in [6.07, 6.45) is 7.22. The standard InChI is InChI=1S/C10H17Cl/c1-8(2)3-4-9-5-6-10(11)7-9/h7-8,10H,3-6H2,1-2H3. The first-order chi connectivity index (χ1) is 5.18. The van der Waals surface area contributed by atoms with Gasteiger partial charge in [-0.2, -0.15) is 0 Å². The van der Waals surface area contributed by atoms with E-state index in [0.29, 0.717) is 5.38 Å². The van der Waals surface area contributed by atoms with Gasteiger partial charge < -0.3 is 0 Å². The zero-order valence-electron chi connectivity index (χ0n) is 7.44. The molecule has 0 fully saturated rings. The van der Waals surface area contributed by atoms with E-state index in [0.717, 1.165) is 12.3 Å². The highest BCUT2D eigenvalue weighted by atomic mass is 35.5. The summed E-state index contributed by atoms with van der Waals surface area (Å²) in [5.74, 6) is 0.824. The fraction of sp³-hybridized carbons (Fsp3) is 0.800. The molecule has 1 heteroatoms. The van der Waals surface area contributed by atoms with Gasteiger partial charge in [-0.1, -0.05) is 25.5 Å². The molecule has 0 heterocycles. The van der Waals surface area contributed by atoms with E-state index >= 15 is 0 Å². The van der Waals surface area contributed by atoms with Crippen molar-refractivity contribution in [3.05, 3.63) is 11.6 Å². The summed E-state index contributed by atoms with van der Waals surface area (Å²) in [6, 6.07) is 0. The normalized spacial score (nSPS) is 24.4. The van der Waals surface area contributed by atoms with E-state index < -0.39 is 0 Å². The Bertz CT molecular complexity index is 147. The van der Waals surface area contributed by atoms with Gasteiger partial charge >= 0.3 is 0 Å². The Morgan fingerprint density at radius 3 is 2.82 bits per heavy atom. The fourth-order valence-electron chi connectivity index (χ4n) is 1.43. The third-order valence-corrected chi connectivity index (χ3v) is 2.54. The molecule has 0 amide bonds. The van der Waals surface area contributed by atoms with Gasteiger partial charge in [-0.3, -0.25) is 0 Å². The summed E-state index contributed by atoms with van der Waals surface area (Å²) in [7, 11) is 0. The maximum atomic E-state index is 5.95. The second-order valence-corrected chi connectivity index (χ2v) is 4.37. The van der Waals surface area contributed by atoms with Crippen molar-refractivity contribution in [2.75, 3.05) is 0 Å². The zero-order chi connectivity index (χ0) is 8.27. The summed E-state index contributed by atoms with van der Waals surface area (Å²) >= 11 is 5.95. The number of hydrogen-bond donors (Lipinski definition) is 0. The Balaban J connectivity index is 2.22. The molecule has 1 atom stereocenters. The molecule has 1 rings (SSSR count). The minimum atomic E-state index is 0.331. The molecule has 0 aromatic carbocycles. The zero-order valence-corrected chi connectivity index (χ0v) is 8.19. The maximum Gasteiger partial charge on any atom is 0.0521 e. The van der Waals surface area contributed by atoms with Crippen molar-refractivity contribution in [1.82, 2.24) is 0 Å². The minimum Gasteiger partial charge on any atom is -0.118 e. The van der Waals surface area contributed by atoms with E-state index in [1.54, 1.807) is 5.57 Å². The predicted molar refractivity (Wildman–Crippen MR) is 51.0 cm³/mol. The van der Waals surface area contributed by atoms with Gasteiger partial charge in [0.25, 0.3) is 0 Å². The van der Waals surface area contributed by atoms with Crippen LogP contribution in [0.15, 0.2) is 11.6 Å². The van der Waals surface area contributed by atoms with Crippen LogP contribution in [0.2, 0.25) is 0 Å². The highest BCUT2D eigenvalue weighted by Crippen LogP contribution is 2.26. The van der Waals surface area contributed by atoms with Crippen molar-refractivity contribution >= 4 is 11.6 Å². The van der Waals surface area contributed by atoms with Crippen molar-refractivity contribution in [2.24, 2.45) is 5.92 Å². The van der Waals surface area contributed by atoms with Crippen LogP contribution in [-0.4, -0.2) is 5.38 Å². The quantitative estimate of drug-likeness (QED) is 0.449. The van der Waals surface area contributed by atoms with Gasteiger partial charge in [-0.25, -0.2) is 0 Å². The highest BCUT2D eigenvalue weighted by Gasteiger charge is 2.12. The van der Waals surface area contributed by atoms with Crippen molar-refractivity contribution < 1.29 is 0 Å². The molecule has 0 saturated carbocycles. The van der Waals surface area contributed by atoms with Gasteiger partial charge in [0.05, 0.1) is 5.38 Å². The first-order valence-corrected chi connectivity index (χ1v) is 4.95. The molecule has 0 aromatic rings. The molecule has 0 N–H and O–H groups in total. The van der Waals surface area contributed by atoms with Gasteiger partial charge in [-0.15, -0.1) is 11.6 Å². The van der Waals surface area contributed by atoms with Crippen LogP contribution in [0.25, 0.3) is 0 Å². The minimum absolute atomic E-state index is 0.331. The van der Waals surface area contributed by atoms with Gasteiger partial charge in [0.2, 0.25) is 0 Å². The lowest BCUT2D eigenvalue weighted by atomic mass is 10.0. The van der Waals surface area contributed by atoms with Gasteiger partial charge in [0, 0.05) is 0 Å². The molecular formula is C10H17Cl. The lowest BCUT2D eigenvalue weighted by Crippen LogP contribution is -1.87. The van der Waals surface area contributed by atoms with E-state index in [2.05, 4.69) is 19.9 Å². The SMILES string of the molecule is CC(C)CCC1=CC(Cl)CC1. The summed E-state index contributed by atoms with van der Waals surface area (Å²) < 4.78 is 0. The molecule has 0 bridgehead atoms. The third-order valence-electron chi connectivity index (χ3n) is 2.20. The van der Waals surface area contributed by atoms with Gasteiger partial charge in [0.15, 0.2) is 0 Å². The monoisotopic (exact) mass is 172 g/mol. The number of alkyl halides is 1. The van der Waals surface area contributed by atoms with Gasteiger partial charge in [-0.05, 0) is 31.6 Å². The van der Waals surface area contributed by atoms with Crippen LogP contribution in [0.4, 0.5) is 0 Å². The van der Waals surface area contributed by atoms with E-state index in [4.69, 9.17) is 11.6 Å². The lowest BCUT2D eigenvalue weighted by molar-refractivity contribution is 0.579. The van der Waals surface area contributed by atoms with Crippen LogP contribution in [0.3, 0.4) is 0 Å². The van der Waals surface area contributed by atoms with E-state index in [1.165, 1.54) is 19.3 Å². The molecular weight excluding hydrogens is 156 g/mol. The first-order valence-electron chi connectivity index (χ1n) is 4.52. The molecule has 0 spiro atoms. The van der Waals surface area contributed by atoms with Crippen molar-refractivity contribution in [2.45, 2.75) is 44.9 Å². The maximum absolute atomic E-state index is 5.95.